The molecule has 7 heteroatoms. The number of pyridine rings is 1. The number of imidazole rings is 1. The van der Waals surface area contributed by atoms with Crippen molar-refractivity contribution in [3.8, 4) is 5.75 Å². The Morgan fingerprint density at radius 1 is 1.26 bits per heavy atom. The van der Waals surface area contributed by atoms with E-state index in [0.717, 1.165) is 17.7 Å². The van der Waals surface area contributed by atoms with Crippen molar-refractivity contribution in [1.29, 1.82) is 0 Å². The number of nitrogens with one attached hydrogen (secondary N) is 1. The zero-order valence-corrected chi connectivity index (χ0v) is 12.2. The molecule has 1 atom stereocenters. The molecule has 2 aromatic heterocycles. The summed E-state index contributed by atoms with van der Waals surface area (Å²) in [6.45, 7) is 0.565. The highest BCUT2D eigenvalue weighted by molar-refractivity contribution is 5.63. The van der Waals surface area contributed by atoms with Crippen LogP contribution in [0.4, 0.5) is 11.6 Å². The lowest BCUT2D eigenvalue weighted by molar-refractivity contribution is -0.389. The maximum absolute atomic E-state index is 11.5. The van der Waals surface area contributed by atoms with Gasteiger partial charge in [-0.2, -0.15) is 9.38 Å². The van der Waals surface area contributed by atoms with Gasteiger partial charge in [-0.05, 0) is 17.1 Å². The van der Waals surface area contributed by atoms with Gasteiger partial charge in [0.2, 0.25) is 11.5 Å². The predicted molar refractivity (Wildman–Crippen MR) is 84.8 cm³/mol. The number of para-hydroxylation sites is 1. The number of nitrogens with zero attached hydrogens (tertiary/aromatic N) is 3. The molecule has 1 aromatic carbocycles. The lowest BCUT2D eigenvalue weighted by Gasteiger charge is -2.26. The number of benzene rings is 1. The zero-order valence-electron chi connectivity index (χ0n) is 12.2. The standard InChI is InChI=1S/C16H14N4O3/c21-20(22)16-15(18-14-7-3-4-9-19(14)16)17-12-8-10-23-13-6-2-1-5-11(12)13/h1-7,9,12,17H,8,10H2. The van der Waals surface area contributed by atoms with Gasteiger partial charge in [-0.15, -0.1) is 0 Å². The fraction of sp³-hybridized carbons (Fsp3) is 0.188. The lowest BCUT2D eigenvalue weighted by Crippen LogP contribution is -2.20. The first-order chi connectivity index (χ1) is 11.2. The van der Waals surface area contributed by atoms with Gasteiger partial charge in [0.15, 0.2) is 0 Å². The van der Waals surface area contributed by atoms with Gasteiger partial charge in [0.1, 0.15) is 5.75 Å². The Balaban J connectivity index is 1.77. The van der Waals surface area contributed by atoms with Gasteiger partial charge >= 0.3 is 5.82 Å². The quantitative estimate of drug-likeness (QED) is 0.593. The molecule has 0 radical (unpaired) electrons. The third-order valence-corrected chi connectivity index (χ3v) is 3.95. The number of ether oxygens (including phenoxy) is 1. The van der Waals surface area contributed by atoms with E-state index >= 15 is 0 Å². The highest BCUT2D eigenvalue weighted by atomic mass is 16.6. The Morgan fingerprint density at radius 2 is 2.09 bits per heavy atom. The number of hydrogen-bond donors (Lipinski definition) is 1. The molecule has 1 unspecified atom stereocenters. The van der Waals surface area contributed by atoms with E-state index in [1.54, 1.807) is 24.4 Å². The van der Waals surface area contributed by atoms with Crippen molar-refractivity contribution >= 4 is 17.3 Å². The van der Waals surface area contributed by atoms with Gasteiger partial charge < -0.3 is 20.2 Å². The summed E-state index contributed by atoms with van der Waals surface area (Å²) in [5.74, 6) is 1.04. The normalized spacial score (nSPS) is 16.6. The molecule has 3 aromatic rings. The molecule has 0 spiro atoms. The fourth-order valence-corrected chi connectivity index (χ4v) is 2.91. The van der Waals surface area contributed by atoms with Crippen molar-refractivity contribution < 1.29 is 9.66 Å². The molecule has 0 fully saturated rings. The summed E-state index contributed by atoms with van der Waals surface area (Å²) >= 11 is 0. The summed E-state index contributed by atoms with van der Waals surface area (Å²) in [5.41, 5.74) is 1.53. The minimum atomic E-state index is -0.409. The van der Waals surface area contributed by atoms with E-state index in [9.17, 15) is 10.1 Å². The maximum Gasteiger partial charge on any atom is 0.372 e. The molecule has 0 aliphatic carbocycles. The predicted octanol–water partition coefficient (Wildman–Crippen LogP) is 3.18. The second kappa shape index (κ2) is 5.28. The summed E-state index contributed by atoms with van der Waals surface area (Å²) in [7, 11) is 0. The van der Waals surface area contributed by atoms with Crippen LogP contribution in [0.3, 0.4) is 0 Å². The number of fused-ring (bicyclic) bond motifs is 2. The Kier molecular flexibility index (Phi) is 3.11. The molecule has 3 heterocycles. The van der Waals surface area contributed by atoms with Gasteiger partial charge in [0, 0.05) is 18.1 Å². The number of nitro groups is 1. The van der Waals surface area contributed by atoms with Crippen molar-refractivity contribution in [2.75, 3.05) is 11.9 Å². The van der Waals surface area contributed by atoms with Crippen LogP contribution in [0.15, 0.2) is 48.7 Å². The number of anilines is 1. The fourth-order valence-electron chi connectivity index (χ4n) is 2.91. The average molecular weight is 310 g/mol. The highest BCUT2D eigenvalue weighted by Crippen LogP contribution is 2.36. The molecule has 0 saturated carbocycles. The van der Waals surface area contributed by atoms with Gasteiger partial charge in [-0.3, -0.25) is 0 Å². The van der Waals surface area contributed by atoms with E-state index in [4.69, 9.17) is 4.74 Å². The minimum Gasteiger partial charge on any atom is -0.493 e. The van der Waals surface area contributed by atoms with E-state index in [0.29, 0.717) is 12.3 Å². The van der Waals surface area contributed by atoms with Crippen LogP contribution in [0, 0.1) is 10.1 Å². The van der Waals surface area contributed by atoms with E-state index in [-0.39, 0.29) is 17.7 Å². The Bertz CT molecular complexity index is 890. The van der Waals surface area contributed by atoms with Crippen molar-refractivity contribution in [2.24, 2.45) is 0 Å². The third kappa shape index (κ3) is 2.26. The lowest BCUT2D eigenvalue weighted by atomic mass is 10.0. The first-order valence-corrected chi connectivity index (χ1v) is 7.34. The van der Waals surface area contributed by atoms with Crippen molar-refractivity contribution in [3.05, 3.63) is 64.3 Å². The number of hydrogen-bond acceptors (Lipinski definition) is 5. The first-order valence-electron chi connectivity index (χ1n) is 7.34. The molecule has 4 rings (SSSR count). The SMILES string of the molecule is O=[N+]([O-])c1c(NC2CCOc3ccccc32)nc2ccccn12. The molecule has 116 valence electrons. The molecule has 0 bridgehead atoms. The molecule has 7 nitrogen and oxygen atoms in total. The summed E-state index contributed by atoms with van der Waals surface area (Å²) in [5, 5.41) is 14.7. The summed E-state index contributed by atoms with van der Waals surface area (Å²) in [6, 6.07) is 12.9. The van der Waals surface area contributed by atoms with Crippen LogP contribution < -0.4 is 10.1 Å². The largest absolute Gasteiger partial charge is 0.493 e. The van der Waals surface area contributed by atoms with Crippen molar-refractivity contribution in [3.63, 3.8) is 0 Å². The van der Waals surface area contributed by atoms with E-state index < -0.39 is 4.92 Å². The van der Waals surface area contributed by atoms with Crippen LogP contribution in [0.2, 0.25) is 0 Å². The van der Waals surface area contributed by atoms with Crippen LogP contribution in [0.5, 0.6) is 5.75 Å². The van der Waals surface area contributed by atoms with Crippen LogP contribution in [0.1, 0.15) is 18.0 Å². The molecule has 1 aliphatic rings. The molecular formula is C16H14N4O3. The first kappa shape index (κ1) is 13.6. The molecule has 1 N–H and O–H groups in total. The highest BCUT2D eigenvalue weighted by Gasteiger charge is 2.27. The van der Waals surface area contributed by atoms with E-state index in [1.807, 2.05) is 24.3 Å². The zero-order chi connectivity index (χ0) is 15.8. The van der Waals surface area contributed by atoms with Gasteiger partial charge in [0.05, 0.1) is 18.8 Å². The van der Waals surface area contributed by atoms with Gasteiger partial charge in [-0.25, -0.2) is 0 Å². The molecular weight excluding hydrogens is 296 g/mol. The van der Waals surface area contributed by atoms with Gasteiger partial charge in [0.25, 0.3) is 0 Å². The summed E-state index contributed by atoms with van der Waals surface area (Å²) < 4.78 is 7.11. The Labute approximate surface area is 131 Å². The number of aromatic nitrogens is 2. The van der Waals surface area contributed by atoms with Crippen LogP contribution in [-0.2, 0) is 0 Å². The maximum atomic E-state index is 11.5. The van der Waals surface area contributed by atoms with E-state index in [2.05, 4.69) is 10.3 Å². The molecule has 1 aliphatic heterocycles. The second-order valence-corrected chi connectivity index (χ2v) is 5.34. The smallest absolute Gasteiger partial charge is 0.372 e. The monoisotopic (exact) mass is 310 g/mol. The Hall–Kier alpha value is -3.09. The van der Waals surface area contributed by atoms with E-state index in [1.165, 1.54) is 4.40 Å². The van der Waals surface area contributed by atoms with Crippen molar-refractivity contribution in [2.45, 2.75) is 12.5 Å². The van der Waals surface area contributed by atoms with Crippen LogP contribution in [0.25, 0.3) is 5.65 Å². The summed E-state index contributed by atoms with van der Waals surface area (Å²) in [6.07, 6.45) is 2.37. The topological polar surface area (TPSA) is 81.7 Å². The van der Waals surface area contributed by atoms with Crippen LogP contribution >= 0.6 is 0 Å². The average Bonchev–Trinajstić information content (AvgIpc) is 2.93. The Morgan fingerprint density at radius 3 is 2.96 bits per heavy atom. The molecule has 0 saturated heterocycles. The van der Waals surface area contributed by atoms with Crippen LogP contribution in [-0.4, -0.2) is 20.9 Å². The second-order valence-electron chi connectivity index (χ2n) is 5.34. The minimum absolute atomic E-state index is 0.0513. The number of rotatable bonds is 3. The molecule has 23 heavy (non-hydrogen) atoms. The van der Waals surface area contributed by atoms with Gasteiger partial charge in [-0.1, -0.05) is 24.3 Å². The molecule has 0 amide bonds. The third-order valence-electron chi connectivity index (χ3n) is 3.95. The van der Waals surface area contributed by atoms with Crippen molar-refractivity contribution in [1.82, 2.24) is 9.38 Å². The summed E-state index contributed by atoms with van der Waals surface area (Å²) in [4.78, 5) is 15.4.